The van der Waals surface area contributed by atoms with E-state index < -0.39 is 65.4 Å². The third kappa shape index (κ3) is 6.04. The Labute approximate surface area is 221 Å². The monoisotopic (exact) mass is 589 g/mol. The van der Waals surface area contributed by atoms with E-state index in [9.17, 15) is 35.9 Å². The smallest absolute Gasteiger partial charge is 0.473 e. The molecule has 1 aliphatic carbocycles. The summed E-state index contributed by atoms with van der Waals surface area (Å²) in [6.07, 6.45) is -12.5. The van der Waals surface area contributed by atoms with Crippen molar-refractivity contribution in [1.29, 1.82) is 0 Å². The van der Waals surface area contributed by atoms with Crippen molar-refractivity contribution >= 4 is 45.2 Å². The number of fused-ring (bicyclic) bond motifs is 1. The molecule has 0 bridgehead atoms. The highest BCUT2D eigenvalue weighted by Gasteiger charge is 2.43. The normalized spacial score (nSPS) is 24.2. The molecule has 2 aromatic heterocycles. The number of carbonyl (C=O) groups is 2. The van der Waals surface area contributed by atoms with Gasteiger partial charge in [-0.2, -0.15) is 13.2 Å². The van der Waals surface area contributed by atoms with Crippen molar-refractivity contribution in [2.75, 3.05) is 13.6 Å². The molecule has 2 atom stereocenters. The number of likely N-dealkylation sites (tertiary alicyclic amines) is 1. The summed E-state index contributed by atoms with van der Waals surface area (Å²) >= 11 is 6.79. The molecule has 4 rings (SSSR count). The zero-order valence-electron chi connectivity index (χ0n) is 19.9. The number of carbonyl (C=O) groups excluding carboxylic acids is 2. The molecule has 0 spiro atoms. The summed E-state index contributed by atoms with van der Waals surface area (Å²) in [4.78, 5) is 30.2. The van der Waals surface area contributed by atoms with Gasteiger partial charge in [0.1, 0.15) is 17.2 Å². The molecule has 2 amide bonds. The van der Waals surface area contributed by atoms with Crippen molar-refractivity contribution in [2.24, 2.45) is 0 Å². The van der Waals surface area contributed by atoms with Gasteiger partial charge in [-0.1, -0.05) is 11.6 Å². The number of ether oxygens (including phenoxy) is 3. The lowest BCUT2D eigenvalue weighted by Gasteiger charge is -2.40. The number of amides is 2. The van der Waals surface area contributed by atoms with Crippen molar-refractivity contribution in [3.05, 3.63) is 21.5 Å². The van der Waals surface area contributed by atoms with Crippen LogP contribution in [0.4, 0.5) is 31.1 Å². The molecular formula is C22H22ClF6N3O5S. The van der Waals surface area contributed by atoms with E-state index in [1.165, 1.54) is 17.3 Å². The van der Waals surface area contributed by atoms with Crippen LogP contribution in [0.15, 0.2) is 5.38 Å². The Morgan fingerprint density at radius 3 is 2.39 bits per heavy atom. The zero-order chi connectivity index (χ0) is 28.0. The van der Waals surface area contributed by atoms with Gasteiger partial charge in [0.15, 0.2) is 0 Å². The molecule has 1 aliphatic heterocycles. The van der Waals surface area contributed by atoms with Crippen LogP contribution < -0.4 is 10.1 Å². The maximum atomic E-state index is 13.9. The van der Waals surface area contributed by atoms with Crippen LogP contribution in [0.5, 0.6) is 5.88 Å². The van der Waals surface area contributed by atoms with Crippen LogP contribution in [0.1, 0.15) is 48.5 Å². The predicted octanol–water partition coefficient (Wildman–Crippen LogP) is 5.76. The van der Waals surface area contributed by atoms with E-state index in [0.717, 1.165) is 0 Å². The maximum absolute atomic E-state index is 13.9. The molecule has 210 valence electrons. The average Bonchev–Trinajstić information content (AvgIpc) is 3.18. The minimum atomic E-state index is -4.84. The molecular weight excluding hydrogens is 568 g/mol. The Bertz CT molecular complexity index is 1220. The molecule has 2 fully saturated rings. The van der Waals surface area contributed by atoms with Crippen LogP contribution in [-0.4, -0.2) is 66.2 Å². The second kappa shape index (κ2) is 10.6. The first-order chi connectivity index (χ1) is 17.7. The van der Waals surface area contributed by atoms with Crippen LogP contribution in [-0.2, 0) is 15.7 Å². The summed E-state index contributed by atoms with van der Waals surface area (Å²) in [6, 6.07) is -0.462. The summed E-state index contributed by atoms with van der Waals surface area (Å²) in [5, 5.41) is 2.89. The minimum absolute atomic E-state index is 0.0516. The average molecular weight is 590 g/mol. The van der Waals surface area contributed by atoms with Gasteiger partial charge >= 0.3 is 18.6 Å². The van der Waals surface area contributed by atoms with Crippen LogP contribution in [0, 0.1) is 0 Å². The predicted molar refractivity (Wildman–Crippen MR) is 123 cm³/mol. The Hall–Kier alpha value is -2.52. The van der Waals surface area contributed by atoms with Crippen molar-refractivity contribution in [3.63, 3.8) is 0 Å². The number of hydrogen-bond donors (Lipinski definition) is 1. The highest BCUT2D eigenvalue weighted by molar-refractivity contribution is 7.17. The van der Waals surface area contributed by atoms with Crippen molar-refractivity contribution in [2.45, 2.75) is 69.5 Å². The number of rotatable bonds is 5. The van der Waals surface area contributed by atoms with E-state index in [0.29, 0.717) is 11.3 Å². The van der Waals surface area contributed by atoms with Crippen LogP contribution in [0.3, 0.4) is 0 Å². The van der Waals surface area contributed by atoms with E-state index in [4.69, 9.17) is 21.1 Å². The van der Waals surface area contributed by atoms with Gasteiger partial charge in [0.05, 0.1) is 27.4 Å². The first-order valence-corrected chi connectivity index (χ1v) is 12.7. The SMILES string of the molecule is CNC(=O)c1csc2c(C(F)(F)F)c(Cl)c(O[C@@H]3CCN(C(=O)OC4CC(OC(F)(F)F)C4)[C@H](C)C3)nc12. The summed E-state index contributed by atoms with van der Waals surface area (Å²) in [5.41, 5.74) is -1.39. The van der Waals surface area contributed by atoms with Gasteiger partial charge in [-0.25, -0.2) is 9.78 Å². The van der Waals surface area contributed by atoms with E-state index in [1.807, 2.05) is 0 Å². The molecule has 1 saturated heterocycles. The molecule has 2 aromatic rings. The van der Waals surface area contributed by atoms with Gasteiger partial charge in [0.2, 0.25) is 5.88 Å². The highest BCUT2D eigenvalue weighted by atomic mass is 35.5. The lowest BCUT2D eigenvalue weighted by atomic mass is 9.92. The summed E-state index contributed by atoms with van der Waals surface area (Å²) in [6.45, 7) is 1.79. The largest absolute Gasteiger partial charge is 0.522 e. The van der Waals surface area contributed by atoms with Gasteiger partial charge in [0, 0.05) is 50.7 Å². The van der Waals surface area contributed by atoms with Crippen molar-refractivity contribution in [1.82, 2.24) is 15.2 Å². The Kier molecular flexibility index (Phi) is 7.92. The molecule has 2 aliphatic rings. The van der Waals surface area contributed by atoms with Crippen molar-refractivity contribution < 1.29 is 50.1 Å². The number of nitrogens with one attached hydrogen (secondary N) is 1. The van der Waals surface area contributed by atoms with Gasteiger partial charge in [0.25, 0.3) is 5.91 Å². The number of halogens is 7. The molecule has 1 saturated carbocycles. The van der Waals surface area contributed by atoms with Gasteiger partial charge in [-0.3, -0.25) is 9.53 Å². The number of hydrogen-bond acceptors (Lipinski definition) is 7. The lowest BCUT2D eigenvalue weighted by molar-refractivity contribution is -0.355. The van der Waals surface area contributed by atoms with E-state index in [2.05, 4.69) is 15.0 Å². The fourth-order valence-electron chi connectivity index (χ4n) is 4.40. The Morgan fingerprint density at radius 2 is 1.82 bits per heavy atom. The lowest BCUT2D eigenvalue weighted by Crippen LogP contribution is -2.50. The molecule has 0 unspecified atom stereocenters. The maximum Gasteiger partial charge on any atom is 0.522 e. The molecule has 16 heteroatoms. The zero-order valence-corrected chi connectivity index (χ0v) is 21.5. The van der Waals surface area contributed by atoms with Crippen LogP contribution >= 0.6 is 22.9 Å². The molecule has 3 heterocycles. The Morgan fingerprint density at radius 1 is 1.13 bits per heavy atom. The molecule has 0 radical (unpaired) electrons. The fourth-order valence-corrected chi connectivity index (χ4v) is 5.80. The highest BCUT2D eigenvalue weighted by Crippen LogP contribution is 2.46. The minimum Gasteiger partial charge on any atom is -0.473 e. The van der Waals surface area contributed by atoms with Crippen LogP contribution in [0.2, 0.25) is 5.02 Å². The number of nitrogens with zero attached hydrogens (tertiary/aromatic N) is 2. The van der Waals surface area contributed by atoms with Gasteiger partial charge < -0.3 is 19.7 Å². The number of alkyl halides is 6. The van der Waals surface area contributed by atoms with Crippen LogP contribution in [0.25, 0.3) is 10.2 Å². The first kappa shape index (κ1) is 28.5. The molecule has 8 nitrogen and oxygen atoms in total. The van der Waals surface area contributed by atoms with E-state index in [1.54, 1.807) is 6.92 Å². The third-order valence-corrected chi connectivity index (χ3v) is 7.67. The Balaban J connectivity index is 1.43. The summed E-state index contributed by atoms with van der Waals surface area (Å²) in [5.74, 6) is -1.10. The molecule has 0 aromatic carbocycles. The molecule has 38 heavy (non-hydrogen) atoms. The third-order valence-electron chi connectivity index (χ3n) is 6.33. The van der Waals surface area contributed by atoms with E-state index >= 15 is 0 Å². The number of aromatic nitrogens is 1. The standard InChI is InChI=1S/C22H22ClF6N3O5S/c1-9-5-10(3-4-32(9)20(34)36-11-6-12(7-11)37-22(27,28)29)35-19-15(23)14(21(24,25)26)17-16(31-19)13(8-38-17)18(33)30-2/h8-12H,3-7H2,1-2H3,(H,30,33)/t9-,10-,11?,12?/m1/s1. The number of piperidine rings is 1. The van der Waals surface area contributed by atoms with E-state index in [-0.39, 0.29) is 48.0 Å². The summed E-state index contributed by atoms with van der Waals surface area (Å²) in [7, 11) is 1.34. The van der Waals surface area contributed by atoms with Gasteiger partial charge in [-0.05, 0) is 6.92 Å². The van der Waals surface area contributed by atoms with Crippen molar-refractivity contribution in [3.8, 4) is 5.88 Å². The second-order valence-corrected chi connectivity index (χ2v) is 10.2. The topological polar surface area (TPSA) is 90.0 Å². The molecule has 1 N–H and O–H groups in total. The fraction of sp³-hybridized carbons (Fsp3) is 0.591. The summed E-state index contributed by atoms with van der Waals surface area (Å²) < 4.78 is 93.0. The number of thiophene rings is 1. The first-order valence-electron chi connectivity index (χ1n) is 11.5. The number of pyridine rings is 1. The van der Waals surface area contributed by atoms with Gasteiger partial charge in [-0.15, -0.1) is 24.5 Å². The quantitative estimate of drug-likeness (QED) is 0.446. The second-order valence-electron chi connectivity index (χ2n) is 8.98.